The van der Waals surface area contributed by atoms with Gasteiger partial charge in [0.25, 0.3) is 11.8 Å². The maximum absolute atomic E-state index is 13.0. The van der Waals surface area contributed by atoms with Crippen molar-refractivity contribution in [3.05, 3.63) is 57.8 Å². The maximum Gasteiger partial charge on any atom is 0.263 e. The molecule has 2 N–H and O–H groups in total. The van der Waals surface area contributed by atoms with Gasteiger partial charge in [0, 0.05) is 38.9 Å². The first kappa shape index (κ1) is 23.9. The Morgan fingerprint density at radius 3 is 2.50 bits per heavy atom. The number of amides is 3. The molecule has 7 nitrogen and oxygen atoms in total. The number of piperidine rings is 1. The van der Waals surface area contributed by atoms with E-state index in [0.29, 0.717) is 51.1 Å². The van der Waals surface area contributed by atoms with Gasteiger partial charge < -0.3 is 20.3 Å². The van der Waals surface area contributed by atoms with Crippen molar-refractivity contribution in [1.82, 2.24) is 15.5 Å². The number of hydrogen-bond donors (Lipinski definition) is 2. The monoisotopic (exact) mass is 457 g/mol. The second kappa shape index (κ2) is 11.8. The van der Waals surface area contributed by atoms with Gasteiger partial charge in [-0.1, -0.05) is 23.8 Å². The largest absolute Gasteiger partial charge is 0.385 e. The predicted molar refractivity (Wildman–Crippen MR) is 125 cm³/mol. The number of benzene rings is 1. The average molecular weight is 458 g/mol. The number of hydrogen-bond acceptors (Lipinski definition) is 5. The van der Waals surface area contributed by atoms with Gasteiger partial charge in [-0.15, -0.1) is 11.3 Å². The molecule has 2 aromatic rings. The summed E-state index contributed by atoms with van der Waals surface area (Å²) in [4.78, 5) is 41.0. The third-order valence-corrected chi connectivity index (χ3v) is 6.60. The number of rotatable bonds is 9. The van der Waals surface area contributed by atoms with Crippen LogP contribution in [0, 0.1) is 12.8 Å². The molecule has 0 bridgehead atoms. The van der Waals surface area contributed by atoms with Crippen LogP contribution in [0.25, 0.3) is 0 Å². The molecular formula is C24H31N3O4S. The van der Waals surface area contributed by atoms with Gasteiger partial charge >= 0.3 is 0 Å². The lowest BCUT2D eigenvalue weighted by molar-refractivity contribution is -0.124. The Morgan fingerprint density at radius 1 is 1.16 bits per heavy atom. The predicted octanol–water partition coefficient (Wildman–Crippen LogP) is 2.86. The summed E-state index contributed by atoms with van der Waals surface area (Å²) in [5.74, 6) is -0.467. The molecule has 1 saturated heterocycles. The number of nitrogens with one attached hydrogen (secondary N) is 2. The van der Waals surface area contributed by atoms with Crippen LogP contribution in [0.2, 0.25) is 0 Å². The summed E-state index contributed by atoms with van der Waals surface area (Å²) in [5.41, 5.74) is 1.59. The van der Waals surface area contributed by atoms with Crippen molar-refractivity contribution >= 4 is 29.1 Å². The normalized spacial score (nSPS) is 15.2. The molecule has 172 valence electrons. The van der Waals surface area contributed by atoms with Crippen molar-refractivity contribution in [3.63, 3.8) is 0 Å². The standard InChI is InChI=1S/C24H31N3O4S/c1-17-6-8-19(9-7-17)22(28)26-21(23(29)25-12-4-15-31-2)18-10-13-27(14-11-18)24(30)20-5-3-16-32-20/h3,5-9,16,18,21H,4,10-15H2,1-2H3,(H,25,29)(H,26,28). The zero-order chi connectivity index (χ0) is 22.9. The minimum Gasteiger partial charge on any atom is -0.385 e. The summed E-state index contributed by atoms with van der Waals surface area (Å²) < 4.78 is 5.04. The van der Waals surface area contributed by atoms with Crippen LogP contribution in [-0.2, 0) is 9.53 Å². The van der Waals surface area contributed by atoms with Crippen LogP contribution in [0.1, 0.15) is 44.9 Å². The lowest BCUT2D eigenvalue weighted by Gasteiger charge is -2.35. The summed E-state index contributed by atoms with van der Waals surface area (Å²) in [7, 11) is 1.62. The maximum atomic E-state index is 13.0. The van der Waals surface area contributed by atoms with Gasteiger partial charge in [-0.05, 0) is 55.7 Å². The number of likely N-dealkylation sites (tertiary alicyclic amines) is 1. The van der Waals surface area contributed by atoms with Gasteiger partial charge in [0.1, 0.15) is 6.04 Å². The number of carbonyl (C=O) groups excluding carboxylic acids is 3. The lowest BCUT2D eigenvalue weighted by Crippen LogP contribution is -2.54. The van der Waals surface area contributed by atoms with Crippen LogP contribution in [0.5, 0.6) is 0 Å². The molecule has 3 rings (SSSR count). The topological polar surface area (TPSA) is 87.7 Å². The van der Waals surface area contributed by atoms with Crippen LogP contribution >= 0.6 is 11.3 Å². The quantitative estimate of drug-likeness (QED) is 0.567. The highest BCUT2D eigenvalue weighted by molar-refractivity contribution is 7.12. The van der Waals surface area contributed by atoms with Crippen molar-refractivity contribution in [3.8, 4) is 0 Å². The zero-order valence-electron chi connectivity index (χ0n) is 18.6. The molecule has 1 aliphatic rings. The summed E-state index contributed by atoms with van der Waals surface area (Å²) in [6, 6.07) is 10.3. The van der Waals surface area contributed by atoms with E-state index in [9.17, 15) is 14.4 Å². The number of nitrogens with zero attached hydrogens (tertiary/aromatic N) is 1. The average Bonchev–Trinajstić information content (AvgIpc) is 3.35. The van der Waals surface area contributed by atoms with Crippen molar-refractivity contribution in [2.24, 2.45) is 5.92 Å². The second-order valence-electron chi connectivity index (χ2n) is 8.06. The van der Waals surface area contributed by atoms with Crippen LogP contribution in [0.3, 0.4) is 0 Å². The smallest absolute Gasteiger partial charge is 0.263 e. The summed E-state index contributed by atoms with van der Waals surface area (Å²) >= 11 is 1.43. The molecule has 1 aliphatic heterocycles. The fraction of sp³-hybridized carbons (Fsp3) is 0.458. The highest BCUT2D eigenvalue weighted by Gasteiger charge is 2.34. The molecule has 1 fully saturated rings. The van der Waals surface area contributed by atoms with E-state index in [1.54, 1.807) is 19.2 Å². The summed E-state index contributed by atoms with van der Waals surface area (Å²) in [6.07, 6.45) is 2.01. The summed E-state index contributed by atoms with van der Waals surface area (Å²) in [6.45, 7) is 4.14. The molecule has 8 heteroatoms. The summed E-state index contributed by atoms with van der Waals surface area (Å²) in [5, 5.41) is 7.77. The van der Waals surface area contributed by atoms with Crippen molar-refractivity contribution < 1.29 is 19.1 Å². The van der Waals surface area contributed by atoms with E-state index in [2.05, 4.69) is 10.6 Å². The number of ether oxygens (including phenoxy) is 1. The van der Waals surface area contributed by atoms with E-state index in [1.165, 1.54) is 11.3 Å². The Kier molecular flexibility index (Phi) is 8.81. The Hall–Kier alpha value is -2.71. The van der Waals surface area contributed by atoms with Crippen LogP contribution in [0.15, 0.2) is 41.8 Å². The minimum absolute atomic E-state index is 0.0303. The van der Waals surface area contributed by atoms with Crippen molar-refractivity contribution in [2.45, 2.75) is 32.2 Å². The lowest BCUT2D eigenvalue weighted by atomic mass is 9.88. The van der Waals surface area contributed by atoms with E-state index in [-0.39, 0.29) is 23.6 Å². The fourth-order valence-electron chi connectivity index (χ4n) is 3.86. The highest BCUT2D eigenvalue weighted by Crippen LogP contribution is 2.24. The SMILES string of the molecule is COCCCNC(=O)C(NC(=O)c1ccc(C)cc1)C1CCN(C(=O)c2cccs2)CC1. The Balaban J connectivity index is 1.65. The van der Waals surface area contributed by atoms with Gasteiger partial charge in [-0.3, -0.25) is 14.4 Å². The Labute approximate surface area is 193 Å². The molecule has 1 atom stereocenters. The zero-order valence-corrected chi connectivity index (χ0v) is 19.5. The molecular weight excluding hydrogens is 426 g/mol. The van der Waals surface area contributed by atoms with Gasteiger partial charge in [0.2, 0.25) is 5.91 Å². The highest BCUT2D eigenvalue weighted by atomic mass is 32.1. The molecule has 2 heterocycles. The van der Waals surface area contributed by atoms with E-state index in [1.807, 2.05) is 41.5 Å². The number of methoxy groups -OCH3 is 1. The Morgan fingerprint density at radius 2 is 1.88 bits per heavy atom. The molecule has 0 spiro atoms. The number of aryl methyl sites for hydroxylation is 1. The van der Waals surface area contributed by atoms with E-state index >= 15 is 0 Å². The van der Waals surface area contributed by atoms with Crippen molar-refractivity contribution in [2.75, 3.05) is 33.4 Å². The molecule has 0 saturated carbocycles. The van der Waals surface area contributed by atoms with Gasteiger partial charge in [-0.2, -0.15) is 0 Å². The third-order valence-electron chi connectivity index (χ3n) is 5.74. The fourth-order valence-corrected chi connectivity index (χ4v) is 4.55. The second-order valence-corrected chi connectivity index (χ2v) is 9.01. The van der Waals surface area contributed by atoms with Crippen molar-refractivity contribution in [1.29, 1.82) is 0 Å². The molecule has 0 aliphatic carbocycles. The molecule has 1 aromatic heterocycles. The Bertz CT molecular complexity index is 890. The van der Waals surface area contributed by atoms with E-state index in [0.717, 1.165) is 10.4 Å². The van der Waals surface area contributed by atoms with E-state index in [4.69, 9.17) is 4.74 Å². The van der Waals surface area contributed by atoms with E-state index < -0.39 is 6.04 Å². The van der Waals surface area contributed by atoms with Crippen LogP contribution < -0.4 is 10.6 Å². The third kappa shape index (κ3) is 6.40. The molecule has 1 unspecified atom stereocenters. The minimum atomic E-state index is -0.648. The van der Waals surface area contributed by atoms with Gasteiger partial charge in [0.15, 0.2) is 0 Å². The molecule has 3 amide bonds. The molecule has 0 radical (unpaired) electrons. The molecule has 32 heavy (non-hydrogen) atoms. The first-order chi connectivity index (χ1) is 15.5. The number of carbonyl (C=O) groups is 3. The first-order valence-corrected chi connectivity index (χ1v) is 11.8. The van der Waals surface area contributed by atoms with Crippen LogP contribution in [-0.4, -0.2) is 62.0 Å². The van der Waals surface area contributed by atoms with Gasteiger partial charge in [0.05, 0.1) is 4.88 Å². The van der Waals surface area contributed by atoms with Gasteiger partial charge in [-0.25, -0.2) is 0 Å². The first-order valence-electron chi connectivity index (χ1n) is 11.0. The van der Waals surface area contributed by atoms with Crippen LogP contribution in [0.4, 0.5) is 0 Å². The number of thiophene rings is 1. The molecule has 1 aromatic carbocycles.